The van der Waals surface area contributed by atoms with E-state index in [1.165, 1.54) is 0 Å². The Balaban J connectivity index is 2.08. The molecule has 8 heteroatoms. The maximum atomic E-state index is 11.8. The molecule has 0 fully saturated rings. The number of aliphatic carboxylic acids is 1. The number of carboxylic acid groups (broad SMARTS) is 1. The van der Waals surface area contributed by atoms with Gasteiger partial charge in [-0.15, -0.1) is 0 Å². The van der Waals surface area contributed by atoms with Crippen molar-refractivity contribution in [2.45, 2.75) is 19.8 Å². The molecule has 0 unspecified atom stereocenters. The normalized spacial score (nSPS) is 11.7. The number of nitrogens with one attached hydrogen (secondary N) is 2. The summed E-state index contributed by atoms with van der Waals surface area (Å²) >= 11 is 0. The Hall–Kier alpha value is -2.09. The lowest BCUT2D eigenvalue weighted by Crippen LogP contribution is -2.17. The average molecular weight is 297 g/mol. The lowest BCUT2D eigenvalue weighted by atomic mass is 10.3. The quantitative estimate of drug-likeness (QED) is 0.747. The smallest absolute Gasteiger partial charge is 0.303 e. The first-order valence-corrected chi connectivity index (χ1v) is 7.69. The molecule has 20 heavy (non-hydrogen) atoms. The van der Waals surface area contributed by atoms with Gasteiger partial charge in [0, 0.05) is 6.42 Å². The zero-order chi connectivity index (χ0) is 14.8. The van der Waals surface area contributed by atoms with E-state index in [0.29, 0.717) is 5.69 Å². The largest absolute Gasteiger partial charge is 0.481 e. The summed E-state index contributed by atoms with van der Waals surface area (Å²) in [4.78, 5) is 17.6. The summed E-state index contributed by atoms with van der Waals surface area (Å²) < 4.78 is 26.0. The molecule has 7 nitrogen and oxygen atoms in total. The van der Waals surface area contributed by atoms with Gasteiger partial charge in [-0.2, -0.15) is 0 Å². The van der Waals surface area contributed by atoms with E-state index in [9.17, 15) is 13.2 Å². The number of H-pyrrole nitrogens is 1. The molecule has 2 aromatic rings. The van der Waals surface area contributed by atoms with Gasteiger partial charge in [-0.25, -0.2) is 13.4 Å². The predicted molar refractivity (Wildman–Crippen MR) is 75.1 cm³/mol. The third-order valence-electron chi connectivity index (χ3n) is 2.68. The van der Waals surface area contributed by atoms with Crippen molar-refractivity contribution < 1.29 is 18.3 Å². The minimum atomic E-state index is -3.54. The number of anilines is 1. The minimum absolute atomic E-state index is 0.0794. The number of aryl methyl sites for hydroxylation is 1. The summed E-state index contributed by atoms with van der Waals surface area (Å²) in [6.07, 6.45) is -0.0875. The number of hydrogen-bond acceptors (Lipinski definition) is 4. The van der Waals surface area contributed by atoms with Crippen LogP contribution in [0.15, 0.2) is 18.2 Å². The molecule has 0 bridgehead atoms. The third-order valence-corrected chi connectivity index (χ3v) is 4.05. The van der Waals surface area contributed by atoms with Gasteiger partial charge in [0.1, 0.15) is 5.82 Å². The first-order chi connectivity index (χ1) is 9.35. The number of rotatable bonds is 6. The number of sulfonamides is 1. The van der Waals surface area contributed by atoms with Gasteiger partial charge < -0.3 is 10.1 Å². The Kier molecular flexibility index (Phi) is 3.93. The van der Waals surface area contributed by atoms with E-state index in [-0.39, 0.29) is 18.6 Å². The van der Waals surface area contributed by atoms with E-state index in [1.807, 2.05) is 6.92 Å². The molecule has 108 valence electrons. The van der Waals surface area contributed by atoms with Gasteiger partial charge in [-0.3, -0.25) is 9.52 Å². The van der Waals surface area contributed by atoms with Crippen LogP contribution in [0, 0.1) is 6.92 Å². The van der Waals surface area contributed by atoms with Crippen LogP contribution >= 0.6 is 0 Å². The SMILES string of the molecule is Cc1nc2ccc(NS(=O)(=O)CCCC(=O)O)cc2[nH]1. The van der Waals surface area contributed by atoms with Gasteiger partial charge in [0.25, 0.3) is 0 Å². The molecule has 2 rings (SSSR count). The maximum Gasteiger partial charge on any atom is 0.303 e. The fourth-order valence-corrected chi connectivity index (χ4v) is 2.96. The summed E-state index contributed by atoms with van der Waals surface area (Å²) in [5.74, 6) is -0.477. The minimum Gasteiger partial charge on any atom is -0.481 e. The summed E-state index contributed by atoms with van der Waals surface area (Å²) in [5, 5.41) is 8.49. The number of hydrogen-bond donors (Lipinski definition) is 3. The zero-order valence-electron chi connectivity index (χ0n) is 10.9. The Morgan fingerprint density at radius 2 is 2.20 bits per heavy atom. The van der Waals surface area contributed by atoms with Gasteiger partial charge in [-0.05, 0) is 31.5 Å². The van der Waals surface area contributed by atoms with Crippen LogP contribution in [0.25, 0.3) is 11.0 Å². The zero-order valence-corrected chi connectivity index (χ0v) is 11.7. The highest BCUT2D eigenvalue weighted by atomic mass is 32.2. The van der Waals surface area contributed by atoms with Crippen LogP contribution in [0.4, 0.5) is 5.69 Å². The Bertz CT molecular complexity index is 736. The fourth-order valence-electron chi connectivity index (χ4n) is 1.84. The summed E-state index contributed by atoms with van der Waals surface area (Å²) in [6.45, 7) is 1.82. The standard InChI is InChI=1S/C12H15N3O4S/c1-8-13-10-5-4-9(7-11(10)14-8)15-20(18,19)6-2-3-12(16)17/h4-5,7,15H,2-3,6H2,1H3,(H,13,14)(H,16,17). The molecule has 0 saturated heterocycles. The van der Waals surface area contributed by atoms with Crippen LogP contribution in [-0.4, -0.2) is 35.2 Å². The van der Waals surface area contributed by atoms with Crippen molar-refractivity contribution in [3.05, 3.63) is 24.0 Å². The van der Waals surface area contributed by atoms with E-state index in [0.717, 1.165) is 16.9 Å². The second kappa shape index (κ2) is 5.49. The van der Waals surface area contributed by atoms with Crippen LogP contribution in [-0.2, 0) is 14.8 Å². The van der Waals surface area contributed by atoms with E-state index in [4.69, 9.17) is 5.11 Å². The summed E-state index contributed by atoms with van der Waals surface area (Å²) in [7, 11) is -3.54. The Morgan fingerprint density at radius 1 is 1.45 bits per heavy atom. The van der Waals surface area contributed by atoms with E-state index >= 15 is 0 Å². The van der Waals surface area contributed by atoms with Crippen molar-refractivity contribution in [1.82, 2.24) is 9.97 Å². The van der Waals surface area contributed by atoms with Gasteiger partial charge in [0.05, 0.1) is 22.5 Å². The van der Waals surface area contributed by atoms with Gasteiger partial charge >= 0.3 is 5.97 Å². The van der Waals surface area contributed by atoms with E-state index < -0.39 is 16.0 Å². The molecule has 0 spiro atoms. The molecular formula is C12H15N3O4S. The van der Waals surface area contributed by atoms with Crippen LogP contribution in [0.2, 0.25) is 0 Å². The molecule has 1 heterocycles. The van der Waals surface area contributed by atoms with Gasteiger partial charge in [0.2, 0.25) is 10.0 Å². The van der Waals surface area contributed by atoms with Crippen LogP contribution < -0.4 is 4.72 Å². The number of nitrogens with zero attached hydrogens (tertiary/aromatic N) is 1. The van der Waals surface area contributed by atoms with Crippen molar-refractivity contribution in [3.63, 3.8) is 0 Å². The van der Waals surface area contributed by atoms with Gasteiger partial charge in [-0.1, -0.05) is 0 Å². The van der Waals surface area contributed by atoms with Crippen molar-refractivity contribution in [1.29, 1.82) is 0 Å². The van der Waals surface area contributed by atoms with Gasteiger partial charge in [0.15, 0.2) is 0 Å². The molecule has 0 aliphatic carbocycles. The average Bonchev–Trinajstić information content (AvgIpc) is 2.66. The summed E-state index contributed by atoms with van der Waals surface area (Å²) in [6, 6.07) is 5.00. The number of fused-ring (bicyclic) bond motifs is 1. The van der Waals surface area contributed by atoms with E-state index in [1.54, 1.807) is 18.2 Å². The topological polar surface area (TPSA) is 112 Å². The highest BCUT2D eigenvalue weighted by molar-refractivity contribution is 7.92. The molecule has 3 N–H and O–H groups in total. The van der Waals surface area contributed by atoms with Crippen molar-refractivity contribution in [2.24, 2.45) is 0 Å². The highest BCUT2D eigenvalue weighted by Crippen LogP contribution is 2.18. The second-order valence-corrected chi connectivity index (χ2v) is 6.31. The first-order valence-electron chi connectivity index (χ1n) is 6.04. The first kappa shape index (κ1) is 14.3. The van der Waals surface area contributed by atoms with Crippen LogP contribution in [0.3, 0.4) is 0 Å². The van der Waals surface area contributed by atoms with Crippen molar-refractivity contribution in [2.75, 3.05) is 10.5 Å². The number of carboxylic acids is 1. The molecule has 0 aliphatic heterocycles. The van der Waals surface area contributed by atoms with Crippen LogP contribution in [0.5, 0.6) is 0 Å². The molecule has 0 saturated carbocycles. The van der Waals surface area contributed by atoms with E-state index in [2.05, 4.69) is 14.7 Å². The number of benzene rings is 1. The van der Waals surface area contributed by atoms with Crippen LogP contribution in [0.1, 0.15) is 18.7 Å². The summed E-state index contributed by atoms with van der Waals surface area (Å²) in [5.41, 5.74) is 1.93. The third kappa shape index (κ3) is 3.70. The predicted octanol–water partition coefficient (Wildman–Crippen LogP) is 1.48. The molecule has 0 aliphatic rings. The number of aromatic nitrogens is 2. The number of aromatic amines is 1. The monoisotopic (exact) mass is 297 g/mol. The lowest BCUT2D eigenvalue weighted by molar-refractivity contribution is -0.137. The molecule has 0 radical (unpaired) electrons. The maximum absolute atomic E-state index is 11.8. The van der Waals surface area contributed by atoms with Crippen molar-refractivity contribution in [3.8, 4) is 0 Å². The fraction of sp³-hybridized carbons (Fsp3) is 0.333. The Labute approximate surface area is 116 Å². The lowest BCUT2D eigenvalue weighted by Gasteiger charge is -2.07. The molecule has 0 amide bonds. The molecule has 1 aromatic heterocycles. The highest BCUT2D eigenvalue weighted by Gasteiger charge is 2.12. The Morgan fingerprint density at radius 3 is 2.90 bits per heavy atom. The molecular weight excluding hydrogens is 282 g/mol. The molecule has 0 atom stereocenters. The second-order valence-electron chi connectivity index (χ2n) is 4.47. The number of imidazole rings is 1. The molecule has 1 aromatic carbocycles. The number of carbonyl (C=O) groups is 1. The van der Waals surface area contributed by atoms with Crippen molar-refractivity contribution >= 4 is 32.7 Å².